The fourth-order valence-electron chi connectivity index (χ4n) is 2.73. The van der Waals surface area contributed by atoms with Crippen molar-refractivity contribution in [3.63, 3.8) is 0 Å². The molecule has 22 heavy (non-hydrogen) atoms. The van der Waals surface area contributed by atoms with Crippen molar-refractivity contribution in [2.75, 3.05) is 0 Å². The van der Waals surface area contributed by atoms with Crippen LogP contribution in [-0.4, -0.2) is 19.7 Å². The lowest BCUT2D eigenvalue weighted by atomic mass is 9.98. The summed E-state index contributed by atoms with van der Waals surface area (Å²) < 4.78 is 2.28. The summed E-state index contributed by atoms with van der Waals surface area (Å²) >= 11 is 1.74. The minimum Gasteiger partial charge on any atom is -0.314 e. The first-order valence-corrected chi connectivity index (χ1v) is 8.93. The molecule has 2 aromatic heterocycles. The molecule has 0 fully saturated rings. The number of fused-ring (bicyclic) bond motifs is 1. The van der Waals surface area contributed by atoms with Crippen LogP contribution in [0.1, 0.15) is 68.9 Å². The molecule has 0 amide bonds. The summed E-state index contributed by atoms with van der Waals surface area (Å²) in [4.78, 5) is 4.74. The van der Waals surface area contributed by atoms with Crippen LogP contribution in [0, 0.1) is 0 Å². The molecule has 1 unspecified atom stereocenters. The van der Waals surface area contributed by atoms with Crippen LogP contribution in [0.15, 0.2) is 5.38 Å². The molecule has 6 heteroatoms. The van der Waals surface area contributed by atoms with Crippen LogP contribution in [0.2, 0.25) is 0 Å². The van der Waals surface area contributed by atoms with Crippen LogP contribution in [0.25, 0.3) is 0 Å². The second-order valence-electron chi connectivity index (χ2n) is 7.08. The Kier molecular flexibility index (Phi) is 4.32. The van der Waals surface area contributed by atoms with E-state index in [1.54, 1.807) is 11.3 Å². The molecule has 1 N–H and O–H groups in total. The van der Waals surface area contributed by atoms with Gasteiger partial charge in [-0.15, -0.1) is 21.5 Å². The molecule has 0 radical (unpaired) electrons. The van der Waals surface area contributed by atoms with Crippen molar-refractivity contribution in [1.82, 2.24) is 25.1 Å². The van der Waals surface area contributed by atoms with Gasteiger partial charge in [-0.05, 0) is 19.8 Å². The summed E-state index contributed by atoms with van der Waals surface area (Å²) in [6.07, 6.45) is 3.51. The smallest absolute Gasteiger partial charge is 0.149 e. The summed E-state index contributed by atoms with van der Waals surface area (Å²) in [7, 11) is 0. The maximum Gasteiger partial charge on any atom is 0.149 e. The van der Waals surface area contributed by atoms with Crippen LogP contribution in [-0.2, 0) is 24.9 Å². The average Bonchev–Trinajstić information content (AvgIpc) is 3.11. The third-order valence-electron chi connectivity index (χ3n) is 4.06. The second-order valence-corrected chi connectivity index (χ2v) is 7.94. The van der Waals surface area contributed by atoms with E-state index in [2.05, 4.69) is 53.2 Å². The van der Waals surface area contributed by atoms with Crippen molar-refractivity contribution >= 4 is 11.3 Å². The predicted molar refractivity (Wildman–Crippen MR) is 89.0 cm³/mol. The average molecular weight is 319 g/mol. The first kappa shape index (κ1) is 15.6. The highest BCUT2D eigenvalue weighted by molar-refractivity contribution is 7.09. The van der Waals surface area contributed by atoms with E-state index in [1.807, 2.05) is 0 Å². The second kappa shape index (κ2) is 6.08. The Bertz CT molecular complexity index is 637. The minimum absolute atomic E-state index is 0.126. The van der Waals surface area contributed by atoms with Gasteiger partial charge in [-0.1, -0.05) is 20.8 Å². The first-order valence-electron chi connectivity index (χ1n) is 8.05. The van der Waals surface area contributed by atoms with Crippen LogP contribution in [0.4, 0.5) is 0 Å². The highest BCUT2D eigenvalue weighted by atomic mass is 32.1. The Morgan fingerprint density at radius 2 is 2.14 bits per heavy atom. The Morgan fingerprint density at radius 3 is 2.86 bits per heavy atom. The van der Waals surface area contributed by atoms with Gasteiger partial charge in [0.25, 0.3) is 0 Å². The van der Waals surface area contributed by atoms with Crippen LogP contribution < -0.4 is 5.32 Å². The van der Waals surface area contributed by atoms with Gasteiger partial charge in [0.2, 0.25) is 0 Å². The molecule has 0 aliphatic carbocycles. The number of nitrogens with one attached hydrogen (secondary N) is 1. The number of aryl methyl sites for hydroxylation is 1. The quantitative estimate of drug-likeness (QED) is 0.940. The molecule has 0 spiro atoms. The lowest BCUT2D eigenvalue weighted by molar-refractivity contribution is 0.463. The zero-order chi connectivity index (χ0) is 15.7. The largest absolute Gasteiger partial charge is 0.314 e. The Morgan fingerprint density at radius 1 is 1.32 bits per heavy atom. The molecule has 120 valence electrons. The summed E-state index contributed by atoms with van der Waals surface area (Å²) in [6.45, 7) is 10.6. The lowest BCUT2D eigenvalue weighted by Crippen LogP contribution is -2.23. The molecular weight excluding hydrogens is 294 g/mol. The zero-order valence-electron chi connectivity index (χ0n) is 13.9. The van der Waals surface area contributed by atoms with E-state index < -0.39 is 0 Å². The van der Waals surface area contributed by atoms with Gasteiger partial charge < -0.3 is 9.88 Å². The van der Waals surface area contributed by atoms with Gasteiger partial charge in [0.05, 0.1) is 16.7 Å². The fraction of sp³-hybridized carbons (Fsp3) is 0.688. The van der Waals surface area contributed by atoms with E-state index in [9.17, 15) is 0 Å². The maximum absolute atomic E-state index is 4.74. The Labute approximate surface area is 136 Å². The summed E-state index contributed by atoms with van der Waals surface area (Å²) in [5.74, 6) is 2.19. The topological polar surface area (TPSA) is 55.6 Å². The number of hydrogen-bond donors (Lipinski definition) is 1. The molecule has 2 aromatic rings. The molecule has 0 aromatic carbocycles. The molecule has 3 rings (SSSR count). The van der Waals surface area contributed by atoms with E-state index >= 15 is 0 Å². The molecule has 0 saturated heterocycles. The summed E-state index contributed by atoms with van der Waals surface area (Å²) in [5.41, 5.74) is 1.24. The molecule has 5 nitrogen and oxygen atoms in total. The van der Waals surface area contributed by atoms with Gasteiger partial charge in [0.1, 0.15) is 11.6 Å². The third kappa shape index (κ3) is 3.22. The summed E-state index contributed by atoms with van der Waals surface area (Å²) in [6, 6.07) is 0.194. The predicted octanol–water partition coefficient (Wildman–Crippen LogP) is 3.22. The van der Waals surface area contributed by atoms with Crippen LogP contribution in [0.5, 0.6) is 0 Å². The van der Waals surface area contributed by atoms with E-state index in [1.165, 1.54) is 17.8 Å². The lowest BCUT2D eigenvalue weighted by Gasteiger charge is -2.18. The number of nitrogens with zero attached hydrogens (tertiary/aromatic N) is 4. The monoisotopic (exact) mass is 319 g/mol. The highest BCUT2D eigenvalue weighted by Crippen LogP contribution is 2.26. The van der Waals surface area contributed by atoms with Gasteiger partial charge >= 0.3 is 0 Å². The van der Waals surface area contributed by atoms with Crippen molar-refractivity contribution in [3.05, 3.63) is 27.7 Å². The molecule has 0 bridgehead atoms. The molecule has 0 saturated carbocycles. The van der Waals surface area contributed by atoms with E-state index in [0.717, 1.165) is 36.9 Å². The van der Waals surface area contributed by atoms with E-state index in [-0.39, 0.29) is 11.5 Å². The van der Waals surface area contributed by atoms with Gasteiger partial charge in [0, 0.05) is 30.3 Å². The number of rotatable bonds is 4. The first-order chi connectivity index (χ1) is 10.4. The molecule has 1 aliphatic rings. The fourth-order valence-corrected chi connectivity index (χ4v) is 3.64. The third-order valence-corrected chi connectivity index (χ3v) is 5.37. The van der Waals surface area contributed by atoms with Gasteiger partial charge in [-0.3, -0.25) is 0 Å². The van der Waals surface area contributed by atoms with E-state index in [4.69, 9.17) is 4.98 Å². The van der Waals surface area contributed by atoms with Crippen molar-refractivity contribution in [2.24, 2.45) is 0 Å². The Balaban J connectivity index is 1.64. The SMILES string of the molecule is CC(NCc1csc(C(C)(C)C)n1)c1nnc2n1CCCC2. The van der Waals surface area contributed by atoms with Crippen molar-refractivity contribution < 1.29 is 0 Å². The zero-order valence-corrected chi connectivity index (χ0v) is 14.7. The highest BCUT2D eigenvalue weighted by Gasteiger charge is 2.21. The number of hydrogen-bond acceptors (Lipinski definition) is 5. The molecule has 3 heterocycles. The number of aromatic nitrogens is 4. The Hall–Kier alpha value is -1.27. The summed E-state index contributed by atoms with van der Waals surface area (Å²) in [5, 5.41) is 15.6. The van der Waals surface area contributed by atoms with Crippen molar-refractivity contribution in [1.29, 1.82) is 0 Å². The van der Waals surface area contributed by atoms with Gasteiger partial charge in [-0.25, -0.2) is 4.98 Å². The molecular formula is C16H25N5S. The minimum atomic E-state index is 0.126. The van der Waals surface area contributed by atoms with E-state index in [0.29, 0.717) is 0 Å². The van der Waals surface area contributed by atoms with Gasteiger partial charge in [0.15, 0.2) is 0 Å². The van der Waals surface area contributed by atoms with Crippen molar-refractivity contribution in [2.45, 2.75) is 71.5 Å². The maximum atomic E-state index is 4.74. The van der Waals surface area contributed by atoms with Crippen LogP contribution in [0.3, 0.4) is 0 Å². The number of thiazole rings is 1. The molecule has 1 atom stereocenters. The van der Waals surface area contributed by atoms with Gasteiger partial charge in [-0.2, -0.15) is 0 Å². The standard InChI is InChI=1S/C16H25N5S/c1-11(14-20-19-13-7-5-6-8-21(13)14)17-9-12-10-22-15(18-12)16(2,3)4/h10-11,17H,5-9H2,1-4H3. The van der Waals surface area contributed by atoms with Crippen LogP contribution >= 0.6 is 11.3 Å². The normalized spacial score (nSPS) is 16.5. The molecule has 1 aliphatic heterocycles. The van der Waals surface area contributed by atoms with Crippen molar-refractivity contribution in [3.8, 4) is 0 Å².